The van der Waals surface area contributed by atoms with Gasteiger partial charge in [0.2, 0.25) is 0 Å². The van der Waals surface area contributed by atoms with Crippen molar-refractivity contribution in [1.29, 1.82) is 5.26 Å². The van der Waals surface area contributed by atoms with E-state index in [1.807, 2.05) is 6.07 Å². The van der Waals surface area contributed by atoms with E-state index < -0.39 is 12.1 Å². The summed E-state index contributed by atoms with van der Waals surface area (Å²) in [5, 5.41) is 9.53. The highest BCUT2D eigenvalue weighted by Crippen LogP contribution is 2.30. The van der Waals surface area contributed by atoms with Crippen LogP contribution in [-0.2, 0) is 17.6 Å². The van der Waals surface area contributed by atoms with Gasteiger partial charge in [0.05, 0.1) is 5.69 Å². The maximum atomic E-state index is 12.5. The average Bonchev–Trinajstić information content (AvgIpc) is 2.87. The molecule has 9 heteroatoms. The first-order chi connectivity index (χ1) is 11.4. The Hall–Kier alpha value is -2.47. The highest BCUT2D eigenvalue weighted by atomic mass is 32.1. The van der Waals surface area contributed by atoms with Crippen LogP contribution in [0.3, 0.4) is 0 Å². The molecule has 1 amide bonds. The number of aromatic nitrogens is 2. The number of thiazole rings is 1. The van der Waals surface area contributed by atoms with Gasteiger partial charge in [-0.1, -0.05) is 6.07 Å². The van der Waals surface area contributed by atoms with E-state index in [0.29, 0.717) is 22.8 Å². The molecule has 0 saturated carbocycles. The van der Waals surface area contributed by atoms with Gasteiger partial charge in [0.15, 0.2) is 0 Å². The Morgan fingerprint density at radius 1 is 1.25 bits per heavy atom. The third-order valence-corrected chi connectivity index (χ3v) is 4.80. The van der Waals surface area contributed by atoms with Crippen LogP contribution in [-0.4, -0.2) is 40.0 Å². The summed E-state index contributed by atoms with van der Waals surface area (Å²) < 4.78 is 37.6. The Bertz CT molecular complexity index is 799. The molecule has 0 atom stereocenters. The molecule has 3 heterocycles. The normalized spacial score (nSPS) is 14.7. The van der Waals surface area contributed by atoms with Crippen LogP contribution in [0.1, 0.15) is 16.3 Å². The average molecular weight is 352 g/mol. The van der Waals surface area contributed by atoms with Gasteiger partial charge in [0.25, 0.3) is 0 Å². The second-order valence-corrected chi connectivity index (χ2v) is 6.28. The molecule has 124 valence electrons. The standard InChI is InChI=1S/C15H11F3N4OS/c16-15(17,18)14(23)22-6-4-10-12(5-7-22)24-13(21-10)11-3-1-2-9(8-19)20-11/h1-3H,4-7H2. The number of rotatable bonds is 1. The third kappa shape index (κ3) is 3.23. The fourth-order valence-corrected chi connectivity index (χ4v) is 3.54. The molecule has 0 aliphatic carbocycles. The number of nitriles is 1. The zero-order valence-electron chi connectivity index (χ0n) is 12.3. The number of alkyl halides is 3. The summed E-state index contributed by atoms with van der Waals surface area (Å²) in [5.41, 5.74) is 1.53. The number of carbonyl (C=O) groups is 1. The minimum absolute atomic E-state index is 0.0125. The van der Waals surface area contributed by atoms with Gasteiger partial charge in [0, 0.05) is 30.8 Å². The Morgan fingerprint density at radius 2 is 2.00 bits per heavy atom. The molecule has 5 nitrogen and oxygen atoms in total. The molecule has 3 rings (SSSR count). The fraction of sp³-hybridized carbons (Fsp3) is 0.333. The van der Waals surface area contributed by atoms with Crippen molar-refractivity contribution < 1.29 is 18.0 Å². The van der Waals surface area contributed by atoms with Crippen LogP contribution in [0.25, 0.3) is 10.7 Å². The summed E-state index contributed by atoms with van der Waals surface area (Å²) >= 11 is 1.34. The molecular formula is C15H11F3N4OS. The third-order valence-electron chi connectivity index (χ3n) is 3.62. The molecule has 0 saturated heterocycles. The first-order valence-electron chi connectivity index (χ1n) is 7.10. The number of hydrogen-bond donors (Lipinski definition) is 0. The molecule has 1 aliphatic heterocycles. The van der Waals surface area contributed by atoms with Gasteiger partial charge in [-0.15, -0.1) is 11.3 Å². The largest absolute Gasteiger partial charge is 0.471 e. The van der Waals surface area contributed by atoms with Gasteiger partial charge < -0.3 is 4.90 Å². The quantitative estimate of drug-likeness (QED) is 0.791. The number of amides is 1. The van der Waals surface area contributed by atoms with Crippen LogP contribution in [0.2, 0.25) is 0 Å². The molecule has 0 aromatic carbocycles. The van der Waals surface area contributed by atoms with E-state index in [-0.39, 0.29) is 25.2 Å². The molecule has 0 spiro atoms. The van der Waals surface area contributed by atoms with Crippen molar-refractivity contribution in [3.05, 3.63) is 34.5 Å². The van der Waals surface area contributed by atoms with Crippen LogP contribution >= 0.6 is 11.3 Å². The monoisotopic (exact) mass is 352 g/mol. The highest BCUT2D eigenvalue weighted by Gasteiger charge is 2.42. The van der Waals surface area contributed by atoms with E-state index >= 15 is 0 Å². The van der Waals surface area contributed by atoms with E-state index in [1.54, 1.807) is 18.2 Å². The summed E-state index contributed by atoms with van der Waals surface area (Å²) in [4.78, 5) is 21.6. The smallest absolute Gasteiger partial charge is 0.334 e. The number of halogens is 3. The number of hydrogen-bond acceptors (Lipinski definition) is 5. The van der Waals surface area contributed by atoms with Crippen LogP contribution in [0.15, 0.2) is 18.2 Å². The Kier molecular flexibility index (Phi) is 4.24. The van der Waals surface area contributed by atoms with E-state index in [2.05, 4.69) is 9.97 Å². The molecule has 2 aromatic rings. The highest BCUT2D eigenvalue weighted by molar-refractivity contribution is 7.15. The van der Waals surface area contributed by atoms with E-state index in [0.717, 1.165) is 9.78 Å². The minimum Gasteiger partial charge on any atom is -0.334 e. The Labute approximate surface area is 139 Å². The number of carbonyl (C=O) groups excluding carboxylic acids is 1. The lowest BCUT2D eigenvalue weighted by Crippen LogP contribution is -2.42. The van der Waals surface area contributed by atoms with E-state index in [4.69, 9.17) is 5.26 Å². The van der Waals surface area contributed by atoms with E-state index in [9.17, 15) is 18.0 Å². The minimum atomic E-state index is -4.85. The zero-order valence-corrected chi connectivity index (χ0v) is 13.1. The van der Waals surface area contributed by atoms with Gasteiger partial charge in [-0.3, -0.25) is 4.79 Å². The topological polar surface area (TPSA) is 69.9 Å². The van der Waals surface area contributed by atoms with Crippen LogP contribution in [0.4, 0.5) is 13.2 Å². The van der Waals surface area contributed by atoms with Gasteiger partial charge in [-0.25, -0.2) is 9.97 Å². The summed E-state index contributed by atoms with van der Waals surface area (Å²) in [6.07, 6.45) is -4.25. The van der Waals surface area contributed by atoms with Crippen LogP contribution in [0.5, 0.6) is 0 Å². The SMILES string of the molecule is N#Cc1cccc(-c2nc3c(s2)CCN(C(=O)C(F)(F)F)CC3)n1. The predicted molar refractivity (Wildman–Crippen MR) is 80.1 cm³/mol. The van der Waals surface area contributed by atoms with Crippen molar-refractivity contribution in [1.82, 2.24) is 14.9 Å². The van der Waals surface area contributed by atoms with Crippen molar-refractivity contribution in [2.75, 3.05) is 13.1 Å². The summed E-state index contributed by atoms with van der Waals surface area (Å²) in [7, 11) is 0. The van der Waals surface area contributed by atoms with Crippen LogP contribution in [0, 0.1) is 11.3 Å². The lowest BCUT2D eigenvalue weighted by atomic mass is 10.2. The molecule has 2 aromatic heterocycles. The maximum Gasteiger partial charge on any atom is 0.471 e. The van der Waals surface area contributed by atoms with Gasteiger partial charge in [0.1, 0.15) is 22.5 Å². The summed E-state index contributed by atoms with van der Waals surface area (Å²) in [5.74, 6) is -1.80. The molecule has 24 heavy (non-hydrogen) atoms. The van der Waals surface area contributed by atoms with Crippen molar-refractivity contribution >= 4 is 17.2 Å². The van der Waals surface area contributed by atoms with Crippen molar-refractivity contribution in [2.45, 2.75) is 19.0 Å². The molecular weight excluding hydrogens is 341 g/mol. The summed E-state index contributed by atoms with van der Waals surface area (Å²) in [6.45, 7) is -0.00117. The fourth-order valence-electron chi connectivity index (χ4n) is 2.47. The first-order valence-corrected chi connectivity index (χ1v) is 7.92. The molecule has 0 unspecified atom stereocenters. The number of nitrogens with zero attached hydrogens (tertiary/aromatic N) is 4. The maximum absolute atomic E-state index is 12.5. The Morgan fingerprint density at radius 3 is 2.71 bits per heavy atom. The van der Waals surface area contributed by atoms with Gasteiger partial charge in [-0.2, -0.15) is 18.4 Å². The second-order valence-electron chi connectivity index (χ2n) is 5.20. The van der Waals surface area contributed by atoms with Crippen molar-refractivity contribution in [3.63, 3.8) is 0 Å². The second kappa shape index (κ2) is 6.20. The molecule has 1 aliphatic rings. The predicted octanol–water partition coefficient (Wildman–Crippen LogP) is 2.57. The van der Waals surface area contributed by atoms with Crippen molar-refractivity contribution in [2.24, 2.45) is 0 Å². The first kappa shape index (κ1) is 16.4. The van der Waals surface area contributed by atoms with Crippen LogP contribution < -0.4 is 0 Å². The molecule has 0 radical (unpaired) electrons. The molecule has 0 bridgehead atoms. The van der Waals surface area contributed by atoms with Gasteiger partial charge >= 0.3 is 12.1 Å². The number of pyridine rings is 1. The lowest BCUT2D eigenvalue weighted by molar-refractivity contribution is -0.185. The van der Waals surface area contributed by atoms with Gasteiger partial charge in [-0.05, 0) is 12.1 Å². The summed E-state index contributed by atoms with van der Waals surface area (Å²) in [6, 6.07) is 6.98. The Balaban J connectivity index is 1.80. The number of fused-ring (bicyclic) bond motifs is 1. The molecule has 0 N–H and O–H groups in total. The molecule has 0 fully saturated rings. The lowest BCUT2D eigenvalue weighted by Gasteiger charge is -2.21. The van der Waals surface area contributed by atoms with E-state index in [1.165, 1.54) is 11.3 Å². The zero-order chi connectivity index (χ0) is 17.3. The van der Waals surface area contributed by atoms with Crippen molar-refractivity contribution in [3.8, 4) is 16.8 Å².